The average Bonchev–Trinajstić information content (AvgIpc) is 2.30. The predicted molar refractivity (Wildman–Crippen MR) is 65.9 cm³/mol. The molecule has 0 amide bonds. The van der Waals surface area contributed by atoms with E-state index in [-0.39, 0.29) is 5.88 Å². The fourth-order valence-corrected chi connectivity index (χ4v) is 2.50. The minimum Gasteiger partial charge on any atom is -0.369 e. The highest BCUT2D eigenvalue weighted by molar-refractivity contribution is 7.79. The van der Waals surface area contributed by atoms with Crippen molar-refractivity contribution in [1.82, 2.24) is 4.90 Å². The third-order valence-corrected chi connectivity index (χ3v) is 3.37. The summed E-state index contributed by atoms with van der Waals surface area (Å²) in [7, 11) is 0. The van der Waals surface area contributed by atoms with Gasteiger partial charge >= 0.3 is 0 Å². The van der Waals surface area contributed by atoms with Gasteiger partial charge in [-0.2, -0.15) is 0 Å². The van der Waals surface area contributed by atoms with Gasteiger partial charge in [0.2, 0.25) is 0 Å². The first-order valence-electron chi connectivity index (χ1n) is 5.35. The highest BCUT2D eigenvalue weighted by atomic mass is 32.2. The van der Waals surface area contributed by atoms with Gasteiger partial charge in [0.15, 0.2) is 11.1 Å². The topological polar surface area (TPSA) is 43.8 Å². The SMILES string of the molecule is O=S(O)CN1CCN(c2ccccc2)CC1. The van der Waals surface area contributed by atoms with E-state index in [9.17, 15) is 4.21 Å². The molecule has 2 rings (SSSR count). The van der Waals surface area contributed by atoms with Crippen molar-refractivity contribution in [2.75, 3.05) is 37.0 Å². The van der Waals surface area contributed by atoms with Gasteiger partial charge in [-0.3, -0.25) is 4.90 Å². The van der Waals surface area contributed by atoms with Crippen LogP contribution < -0.4 is 4.90 Å². The summed E-state index contributed by atoms with van der Waals surface area (Å²) in [6.45, 7) is 3.53. The molecule has 1 saturated heterocycles. The largest absolute Gasteiger partial charge is 0.369 e. The number of hydrogen-bond acceptors (Lipinski definition) is 3. The van der Waals surface area contributed by atoms with Crippen LogP contribution in [0.15, 0.2) is 30.3 Å². The van der Waals surface area contributed by atoms with E-state index in [0.29, 0.717) is 0 Å². The molecule has 0 bridgehead atoms. The number of nitrogens with zero attached hydrogens (tertiary/aromatic N) is 2. The Morgan fingerprint density at radius 3 is 2.31 bits per heavy atom. The molecule has 1 aliphatic rings. The Bertz CT molecular complexity index is 350. The summed E-state index contributed by atoms with van der Waals surface area (Å²) in [4.78, 5) is 4.33. The molecule has 0 aromatic heterocycles. The summed E-state index contributed by atoms with van der Waals surface area (Å²) in [6, 6.07) is 10.3. The first-order valence-corrected chi connectivity index (χ1v) is 6.63. The molecule has 0 saturated carbocycles. The fraction of sp³-hybridized carbons (Fsp3) is 0.455. The van der Waals surface area contributed by atoms with Crippen LogP contribution >= 0.6 is 0 Å². The minimum absolute atomic E-state index is 0.266. The molecule has 1 fully saturated rings. The van der Waals surface area contributed by atoms with E-state index in [1.807, 2.05) is 23.1 Å². The van der Waals surface area contributed by atoms with Crippen LogP contribution in [0.25, 0.3) is 0 Å². The summed E-state index contributed by atoms with van der Waals surface area (Å²) in [5.41, 5.74) is 1.23. The summed E-state index contributed by atoms with van der Waals surface area (Å²) in [5, 5.41) is 0. The second-order valence-corrected chi connectivity index (χ2v) is 4.79. The lowest BCUT2D eigenvalue weighted by molar-refractivity contribution is 0.292. The van der Waals surface area contributed by atoms with Crippen LogP contribution in [0, 0.1) is 0 Å². The zero-order valence-corrected chi connectivity index (χ0v) is 9.90. The maximum absolute atomic E-state index is 10.7. The van der Waals surface area contributed by atoms with Crippen molar-refractivity contribution in [3.05, 3.63) is 30.3 Å². The quantitative estimate of drug-likeness (QED) is 0.800. The number of rotatable bonds is 3. The van der Waals surface area contributed by atoms with Gasteiger partial charge in [0.25, 0.3) is 0 Å². The smallest absolute Gasteiger partial charge is 0.167 e. The van der Waals surface area contributed by atoms with Gasteiger partial charge in [0.1, 0.15) is 5.88 Å². The van der Waals surface area contributed by atoms with Crippen molar-refractivity contribution in [1.29, 1.82) is 0 Å². The van der Waals surface area contributed by atoms with E-state index in [2.05, 4.69) is 17.0 Å². The number of para-hydroxylation sites is 1. The zero-order chi connectivity index (χ0) is 11.4. The lowest BCUT2D eigenvalue weighted by Crippen LogP contribution is -2.47. The lowest BCUT2D eigenvalue weighted by atomic mass is 10.2. The van der Waals surface area contributed by atoms with Crippen molar-refractivity contribution >= 4 is 16.8 Å². The minimum atomic E-state index is -1.71. The third-order valence-electron chi connectivity index (χ3n) is 2.79. The number of hydrogen-bond donors (Lipinski definition) is 1. The maximum atomic E-state index is 10.7. The van der Waals surface area contributed by atoms with Gasteiger partial charge in [-0.25, -0.2) is 4.21 Å². The van der Waals surface area contributed by atoms with Gasteiger partial charge in [-0.15, -0.1) is 0 Å². The molecular weight excluding hydrogens is 224 g/mol. The molecule has 1 aliphatic heterocycles. The molecule has 88 valence electrons. The van der Waals surface area contributed by atoms with E-state index in [1.165, 1.54) is 5.69 Å². The van der Waals surface area contributed by atoms with Crippen molar-refractivity contribution in [3.63, 3.8) is 0 Å². The molecule has 5 heteroatoms. The van der Waals surface area contributed by atoms with Crippen molar-refractivity contribution in [3.8, 4) is 0 Å². The van der Waals surface area contributed by atoms with Gasteiger partial charge in [-0.05, 0) is 12.1 Å². The molecule has 0 spiro atoms. The molecule has 1 unspecified atom stereocenters. The summed E-state index contributed by atoms with van der Waals surface area (Å²) >= 11 is -1.71. The Kier molecular flexibility index (Phi) is 3.93. The molecule has 1 aromatic carbocycles. The van der Waals surface area contributed by atoms with Crippen LogP contribution in [0.3, 0.4) is 0 Å². The summed E-state index contributed by atoms with van der Waals surface area (Å²) in [6.07, 6.45) is 0. The first kappa shape index (κ1) is 11.6. The van der Waals surface area contributed by atoms with Crippen molar-refractivity contribution in [2.45, 2.75) is 0 Å². The average molecular weight is 240 g/mol. The van der Waals surface area contributed by atoms with Crippen molar-refractivity contribution in [2.24, 2.45) is 0 Å². The van der Waals surface area contributed by atoms with E-state index >= 15 is 0 Å². The van der Waals surface area contributed by atoms with Gasteiger partial charge in [0, 0.05) is 31.9 Å². The second kappa shape index (κ2) is 5.43. The van der Waals surface area contributed by atoms with Crippen LogP contribution in [0.5, 0.6) is 0 Å². The van der Waals surface area contributed by atoms with E-state index in [1.54, 1.807) is 0 Å². The second-order valence-electron chi connectivity index (χ2n) is 3.89. The molecule has 16 heavy (non-hydrogen) atoms. The number of anilines is 1. The molecular formula is C11H16N2O2S. The molecule has 0 radical (unpaired) electrons. The molecule has 1 N–H and O–H groups in total. The Hall–Kier alpha value is -0.910. The van der Waals surface area contributed by atoms with Gasteiger partial charge < -0.3 is 9.45 Å². The van der Waals surface area contributed by atoms with Crippen LogP contribution in [-0.2, 0) is 11.1 Å². The standard InChI is InChI=1S/C11H16N2O2S/c14-16(15)10-12-6-8-13(9-7-12)11-4-2-1-3-5-11/h1-5H,6-10H2,(H,14,15). The highest BCUT2D eigenvalue weighted by Gasteiger charge is 2.17. The molecule has 1 atom stereocenters. The Labute approximate surface area is 98.1 Å². The molecule has 1 aromatic rings. The van der Waals surface area contributed by atoms with E-state index in [4.69, 9.17) is 4.55 Å². The van der Waals surface area contributed by atoms with E-state index < -0.39 is 11.1 Å². The Morgan fingerprint density at radius 2 is 1.75 bits per heavy atom. The molecule has 4 nitrogen and oxygen atoms in total. The third kappa shape index (κ3) is 3.04. The highest BCUT2D eigenvalue weighted by Crippen LogP contribution is 2.15. The van der Waals surface area contributed by atoms with Gasteiger partial charge in [-0.1, -0.05) is 18.2 Å². The molecule has 0 aliphatic carbocycles. The Balaban J connectivity index is 1.88. The molecule has 1 heterocycles. The van der Waals surface area contributed by atoms with Crippen LogP contribution in [-0.4, -0.2) is 45.7 Å². The lowest BCUT2D eigenvalue weighted by Gasteiger charge is -2.35. The Morgan fingerprint density at radius 1 is 1.12 bits per heavy atom. The summed E-state index contributed by atoms with van der Waals surface area (Å²) < 4.78 is 19.5. The zero-order valence-electron chi connectivity index (χ0n) is 9.08. The number of piperazine rings is 1. The van der Waals surface area contributed by atoms with Gasteiger partial charge in [0.05, 0.1) is 0 Å². The van der Waals surface area contributed by atoms with Crippen LogP contribution in [0.2, 0.25) is 0 Å². The monoisotopic (exact) mass is 240 g/mol. The fourth-order valence-electron chi connectivity index (χ4n) is 1.93. The van der Waals surface area contributed by atoms with Crippen LogP contribution in [0.4, 0.5) is 5.69 Å². The normalized spacial score (nSPS) is 19.7. The predicted octanol–water partition coefficient (Wildman–Crippen LogP) is 0.988. The summed E-state index contributed by atoms with van der Waals surface area (Å²) in [5.74, 6) is 0.266. The first-order chi connectivity index (χ1) is 7.75. The maximum Gasteiger partial charge on any atom is 0.167 e. The van der Waals surface area contributed by atoms with Crippen molar-refractivity contribution < 1.29 is 8.76 Å². The van der Waals surface area contributed by atoms with E-state index in [0.717, 1.165) is 26.2 Å². The number of benzene rings is 1. The van der Waals surface area contributed by atoms with Crippen LogP contribution in [0.1, 0.15) is 0 Å².